The molecule has 3 heterocycles. The lowest BCUT2D eigenvalue weighted by atomic mass is 10.1. The number of aryl methyl sites for hydroxylation is 1. The van der Waals surface area contributed by atoms with E-state index in [1.165, 1.54) is 23.1 Å². The van der Waals surface area contributed by atoms with Gasteiger partial charge in [0.25, 0.3) is 0 Å². The summed E-state index contributed by atoms with van der Waals surface area (Å²) < 4.78 is 33.7. The van der Waals surface area contributed by atoms with Crippen molar-refractivity contribution in [3.63, 3.8) is 0 Å². The van der Waals surface area contributed by atoms with Crippen LogP contribution in [0.1, 0.15) is 12.0 Å². The van der Waals surface area contributed by atoms with Crippen LogP contribution < -0.4 is 10.2 Å². The Kier molecular flexibility index (Phi) is 5.75. The largest absolute Gasteiger partial charge is 0.378 e. The van der Waals surface area contributed by atoms with E-state index in [9.17, 15) is 8.78 Å². The Balaban J connectivity index is 1.30. The van der Waals surface area contributed by atoms with Gasteiger partial charge in [-0.05, 0) is 49.2 Å². The normalized spacial score (nSPS) is 17.8. The number of nitrogens with one attached hydrogen (secondary N) is 1. The molecule has 5 rings (SSSR count). The van der Waals surface area contributed by atoms with E-state index >= 15 is 0 Å². The van der Waals surface area contributed by atoms with Gasteiger partial charge in [0.2, 0.25) is 5.95 Å². The lowest BCUT2D eigenvalue weighted by Gasteiger charge is -2.36. The zero-order valence-corrected chi connectivity index (χ0v) is 18.0. The Morgan fingerprint density at radius 3 is 2.50 bits per heavy atom. The molecule has 168 valence electrons. The predicted molar refractivity (Wildman–Crippen MR) is 119 cm³/mol. The van der Waals surface area contributed by atoms with E-state index in [1.807, 2.05) is 6.07 Å². The van der Waals surface area contributed by atoms with Crippen LogP contribution in [0, 0.1) is 18.6 Å². The lowest BCUT2D eigenvalue weighted by molar-refractivity contribution is -0.0625. The van der Waals surface area contributed by atoms with Crippen molar-refractivity contribution in [3.8, 4) is 5.69 Å². The molecule has 2 fully saturated rings. The minimum absolute atomic E-state index is 0.277. The summed E-state index contributed by atoms with van der Waals surface area (Å²) in [6.45, 7) is 7.86. The van der Waals surface area contributed by atoms with Crippen LogP contribution in [-0.4, -0.2) is 65.1 Å². The Morgan fingerprint density at radius 2 is 1.75 bits per heavy atom. The molecule has 32 heavy (non-hydrogen) atoms. The fourth-order valence-electron chi connectivity index (χ4n) is 4.26. The summed E-state index contributed by atoms with van der Waals surface area (Å²) in [6, 6.07) is 10.1. The minimum atomic E-state index is -0.658. The van der Waals surface area contributed by atoms with Gasteiger partial charge < -0.3 is 15.0 Å². The lowest BCUT2D eigenvalue weighted by Crippen LogP contribution is -2.50. The maximum atomic E-state index is 13.5. The topological polar surface area (TPSA) is 58.5 Å². The van der Waals surface area contributed by atoms with Crippen LogP contribution in [0.25, 0.3) is 5.69 Å². The van der Waals surface area contributed by atoms with Gasteiger partial charge in [-0.3, -0.25) is 4.90 Å². The number of hydrogen-bond donors (Lipinski definition) is 1. The van der Waals surface area contributed by atoms with Crippen molar-refractivity contribution in [2.24, 2.45) is 0 Å². The van der Waals surface area contributed by atoms with Gasteiger partial charge in [-0.2, -0.15) is 4.98 Å². The highest BCUT2D eigenvalue weighted by Gasteiger charge is 2.27. The predicted octanol–water partition coefficient (Wildman–Crippen LogP) is 3.51. The molecule has 0 spiro atoms. The zero-order valence-electron chi connectivity index (χ0n) is 18.0. The average molecular weight is 440 g/mol. The molecule has 0 atom stereocenters. The second-order valence-electron chi connectivity index (χ2n) is 8.39. The van der Waals surface area contributed by atoms with E-state index < -0.39 is 11.6 Å². The molecule has 0 unspecified atom stereocenters. The Morgan fingerprint density at radius 1 is 0.938 bits per heavy atom. The highest BCUT2D eigenvalue weighted by atomic mass is 19.1. The fourth-order valence-corrected chi connectivity index (χ4v) is 4.26. The smallest absolute Gasteiger partial charge is 0.246 e. The standard InChI is InChI=1S/C23H26F2N6O/c1-16-7-19(27-23-26-15-31(28-23)21-10-17(24)9-18(25)11-21)12-20(8-16)29-3-2-4-30(6-5-29)22-13-32-14-22/h7-12,15,22H,2-6,13-14H2,1H3,(H,27,28). The quantitative estimate of drug-likeness (QED) is 0.655. The van der Waals surface area contributed by atoms with Crippen molar-refractivity contribution in [1.82, 2.24) is 19.7 Å². The number of nitrogens with zero attached hydrogens (tertiary/aromatic N) is 5. The van der Waals surface area contributed by atoms with E-state index in [2.05, 4.69) is 44.3 Å². The summed E-state index contributed by atoms with van der Waals surface area (Å²) in [5.74, 6) is -0.957. The second-order valence-corrected chi connectivity index (χ2v) is 8.39. The van der Waals surface area contributed by atoms with Crippen molar-refractivity contribution in [2.75, 3.05) is 49.6 Å². The molecular formula is C23H26F2N6O. The molecule has 0 aliphatic carbocycles. The maximum Gasteiger partial charge on any atom is 0.246 e. The number of halogens is 2. The van der Waals surface area contributed by atoms with Crippen LogP contribution >= 0.6 is 0 Å². The van der Waals surface area contributed by atoms with Crippen LogP contribution in [0.5, 0.6) is 0 Å². The molecule has 7 nitrogen and oxygen atoms in total. The minimum Gasteiger partial charge on any atom is -0.378 e. The third-order valence-electron chi connectivity index (χ3n) is 5.95. The first kappa shape index (κ1) is 20.8. The molecular weight excluding hydrogens is 414 g/mol. The van der Waals surface area contributed by atoms with Crippen LogP contribution in [0.3, 0.4) is 0 Å². The summed E-state index contributed by atoms with van der Waals surface area (Å²) in [4.78, 5) is 9.19. The SMILES string of the molecule is Cc1cc(Nc2ncn(-c3cc(F)cc(F)c3)n2)cc(N2CCCN(C3COC3)CC2)c1. The van der Waals surface area contributed by atoms with Crippen LogP contribution in [0.4, 0.5) is 26.1 Å². The van der Waals surface area contributed by atoms with Gasteiger partial charge in [0.05, 0.1) is 24.9 Å². The van der Waals surface area contributed by atoms with Gasteiger partial charge in [-0.25, -0.2) is 13.5 Å². The molecule has 2 aliphatic rings. The summed E-state index contributed by atoms with van der Waals surface area (Å²) >= 11 is 0. The summed E-state index contributed by atoms with van der Waals surface area (Å²) in [5, 5.41) is 7.54. The Hall–Kier alpha value is -3.04. The van der Waals surface area contributed by atoms with Gasteiger partial charge in [0.15, 0.2) is 0 Å². The molecule has 1 N–H and O–H groups in total. The number of anilines is 3. The first-order chi connectivity index (χ1) is 15.5. The van der Waals surface area contributed by atoms with Gasteiger partial charge in [0, 0.05) is 43.6 Å². The maximum absolute atomic E-state index is 13.5. The number of benzene rings is 2. The van der Waals surface area contributed by atoms with Crippen molar-refractivity contribution in [1.29, 1.82) is 0 Å². The molecule has 0 bridgehead atoms. The van der Waals surface area contributed by atoms with Crippen LogP contribution in [0.2, 0.25) is 0 Å². The molecule has 9 heteroatoms. The van der Waals surface area contributed by atoms with Crippen molar-refractivity contribution < 1.29 is 13.5 Å². The van der Waals surface area contributed by atoms with E-state index in [1.54, 1.807) is 0 Å². The molecule has 1 aromatic heterocycles. The number of rotatable bonds is 5. The zero-order chi connectivity index (χ0) is 22.1. The van der Waals surface area contributed by atoms with Crippen molar-refractivity contribution >= 4 is 17.3 Å². The fraction of sp³-hybridized carbons (Fsp3) is 0.391. The first-order valence-corrected chi connectivity index (χ1v) is 10.9. The molecule has 2 aliphatic heterocycles. The van der Waals surface area contributed by atoms with Crippen LogP contribution in [0.15, 0.2) is 42.7 Å². The third kappa shape index (κ3) is 4.58. The molecule has 0 amide bonds. The van der Waals surface area contributed by atoms with Crippen molar-refractivity contribution in [3.05, 3.63) is 59.9 Å². The Bertz CT molecular complexity index is 1080. The van der Waals surface area contributed by atoms with Gasteiger partial charge in [0.1, 0.15) is 18.0 Å². The molecule has 3 aromatic rings. The average Bonchev–Trinajstić information content (AvgIpc) is 3.03. The van der Waals surface area contributed by atoms with E-state index in [4.69, 9.17) is 4.74 Å². The van der Waals surface area contributed by atoms with Gasteiger partial charge in [-0.15, -0.1) is 5.10 Å². The Labute approximate surface area is 185 Å². The monoisotopic (exact) mass is 440 g/mol. The van der Waals surface area contributed by atoms with Crippen molar-refractivity contribution in [2.45, 2.75) is 19.4 Å². The van der Waals surface area contributed by atoms with Gasteiger partial charge >= 0.3 is 0 Å². The highest BCUT2D eigenvalue weighted by molar-refractivity contribution is 5.64. The number of aromatic nitrogens is 3. The number of hydrogen-bond acceptors (Lipinski definition) is 6. The third-order valence-corrected chi connectivity index (χ3v) is 5.95. The highest BCUT2D eigenvalue weighted by Crippen LogP contribution is 2.26. The van der Waals surface area contributed by atoms with Gasteiger partial charge in [-0.1, -0.05) is 0 Å². The molecule has 0 radical (unpaired) electrons. The van der Waals surface area contributed by atoms with E-state index in [-0.39, 0.29) is 5.69 Å². The van der Waals surface area contributed by atoms with E-state index in [0.29, 0.717) is 12.0 Å². The number of ether oxygens (including phenoxy) is 1. The summed E-state index contributed by atoms with van der Waals surface area (Å²) in [5.41, 5.74) is 3.44. The van der Waals surface area contributed by atoms with E-state index in [0.717, 1.165) is 68.8 Å². The first-order valence-electron chi connectivity index (χ1n) is 10.9. The molecule has 2 saturated heterocycles. The second kappa shape index (κ2) is 8.84. The summed E-state index contributed by atoms with van der Waals surface area (Å²) in [7, 11) is 0. The summed E-state index contributed by atoms with van der Waals surface area (Å²) in [6.07, 6.45) is 2.55. The van der Waals surface area contributed by atoms with Crippen LogP contribution in [-0.2, 0) is 4.74 Å². The molecule has 0 saturated carbocycles. The molecule has 2 aromatic carbocycles.